The molecule has 0 radical (unpaired) electrons. The van der Waals surface area contributed by atoms with Crippen molar-refractivity contribution in [1.29, 1.82) is 0 Å². The molecular weight excluding hydrogens is 301 g/mol. The molecule has 0 spiro atoms. The van der Waals surface area contributed by atoms with Gasteiger partial charge in [-0.15, -0.1) is 11.8 Å². The van der Waals surface area contributed by atoms with Gasteiger partial charge in [-0.05, 0) is 25.1 Å². The third kappa shape index (κ3) is 4.00. The van der Waals surface area contributed by atoms with Gasteiger partial charge in [-0.25, -0.2) is 9.97 Å². The first-order valence-electron chi connectivity index (χ1n) is 5.68. The van der Waals surface area contributed by atoms with Crippen molar-refractivity contribution >= 4 is 40.8 Å². The summed E-state index contributed by atoms with van der Waals surface area (Å²) < 4.78 is 0. The maximum atomic E-state index is 5.98. The van der Waals surface area contributed by atoms with Crippen LogP contribution >= 0.6 is 35.0 Å². The maximum absolute atomic E-state index is 5.98. The van der Waals surface area contributed by atoms with Crippen molar-refractivity contribution in [2.75, 3.05) is 12.4 Å². The van der Waals surface area contributed by atoms with E-state index in [1.54, 1.807) is 17.8 Å². The predicted molar refractivity (Wildman–Crippen MR) is 82.3 cm³/mol. The third-order valence-electron chi connectivity index (χ3n) is 2.42. The average Bonchev–Trinajstić information content (AvgIpc) is 2.39. The molecule has 0 aliphatic carbocycles. The highest BCUT2D eigenvalue weighted by molar-refractivity contribution is 7.98. The normalized spacial score (nSPS) is 10.5. The Bertz CT molecular complexity index is 590. The van der Waals surface area contributed by atoms with Crippen molar-refractivity contribution in [3.8, 4) is 0 Å². The summed E-state index contributed by atoms with van der Waals surface area (Å²) in [6.07, 6.45) is 0. The summed E-state index contributed by atoms with van der Waals surface area (Å²) in [5.41, 5.74) is 0.948. The molecule has 0 saturated heterocycles. The van der Waals surface area contributed by atoms with Gasteiger partial charge in [0.15, 0.2) is 0 Å². The van der Waals surface area contributed by atoms with Crippen LogP contribution in [0.25, 0.3) is 0 Å². The van der Waals surface area contributed by atoms with Crippen LogP contribution in [0.4, 0.5) is 5.82 Å². The van der Waals surface area contributed by atoms with Crippen LogP contribution in [0.2, 0.25) is 10.0 Å². The summed E-state index contributed by atoms with van der Waals surface area (Å²) in [6, 6.07) is 7.49. The first kappa shape index (κ1) is 14.4. The van der Waals surface area contributed by atoms with E-state index in [9.17, 15) is 0 Å². The molecule has 0 fully saturated rings. The number of hydrogen-bond acceptors (Lipinski definition) is 4. The van der Waals surface area contributed by atoms with E-state index < -0.39 is 0 Å². The van der Waals surface area contributed by atoms with Crippen LogP contribution in [-0.2, 0) is 5.75 Å². The number of thioether (sulfide) groups is 1. The van der Waals surface area contributed by atoms with E-state index in [-0.39, 0.29) is 0 Å². The number of hydrogen-bond donors (Lipinski definition) is 1. The second-order valence-corrected chi connectivity index (χ2v) is 5.79. The van der Waals surface area contributed by atoms with E-state index in [0.29, 0.717) is 15.8 Å². The highest BCUT2D eigenvalue weighted by atomic mass is 35.5. The Hall–Kier alpha value is -0.970. The third-order valence-corrected chi connectivity index (χ3v) is 4.14. The minimum absolute atomic E-state index is 0.563. The fraction of sp³-hybridized carbons (Fsp3) is 0.231. The SMILES string of the molecule is CNc1cc(C)nc(CSc2ccc(Cl)c(Cl)c2)n1. The molecule has 0 aliphatic rings. The monoisotopic (exact) mass is 313 g/mol. The van der Waals surface area contributed by atoms with Crippen LogP contribution in [0, 0.1) is 6.92 Å². The number of halogens is 2. The molecular formula is C13H13Cl2N3S. The molecule has 2 aromatic rings. The standard InChI is InChI=1S/C13H13Cl2N3S/c1-8-5-12(16-2)18-13(17-8)7-19-9-3-4-10(14)11(15)6-9/h3-6H,7H2,1-2H3,(H,16,17,18). The number of nitrogens with one attached hydrogen (secondary N) is 1. The van der Waals surface area contributed by atoms with Gasteiger partial charge >= 0.3 is 0 Å². The highest BCUT2D eigenvalue weighted by Gasteiger charge is 2.04. The average molecular weight is 314 g/mol. The summed E-state index contributed by atoms with van der Waals surface area (Å²) in [5.74, 6) is 2.31. The lowest BCUT2D eigenvalue weighted by Gasteiger charge is -2.06. The largest absolute Gasteiger partial charge is 0.373 e. The predicted octanol–water partition coefficient (Wildman–Crippen LogP) is 4.43. The Morgan fingerprint density at radius 1 is 1.16 bits per heavy atom. The molecule has 0 atom stereocenters. The van der Waals surface area contributed by atoms with Crippen LogP contribution in [-0.4, -0.2) is 17.0 Å². The van der Waals surface area contributed by atoms with Gasteiger partial charge in [0.05, 0.1) is 15.8 Å². The summed E-state index contributed by atoms with van der Waals surface area (Å²) in [5, 5.41) is 4.15. The molecule has 19 heavy (non-hydrogen) atoms. The van der Waals surface area contributed by atoms with Gasteiger partial charge in [0.1, 0.15) is 11.6 Å². The first-order valence-corrected chi connectivity index (χ1v) is 7.43. The smallest absolute Gasteiger partial charge is 0.141 e. The topological polar surface area (TPSA) is 37.8 Å². The van der Waals surface area contributed by atoms with E-state index in [0.717, 1.165) is 22.2 Å². The molecule has 1 heterocycles. The molecule has 100 valence electrons. The van der Waals surface area contributed by atoms with E-state index >= 15 is 0 Å². The summed E-state index contributed by atoms with van der Waals surface area (Å²) in [4.78, 5) is 9.86. The van der Waals surface area contributed by atoms with Gasteiger partial charge in [-0.2, -0.15) is 0 Å². The molecule has 0 unspecified atom stereocenters. The summed E-state index contributed by atoms with van der Waals surface area (Å²) in [6.45, 7) is 1.95. The molecule has 3 nitrogen and oxygen atoms in total. The van der Waals surface area contributed by atoms with Crippen molar-refractivity contribution in [2.45, 2.75) is 17.6 Å². The van der Waals surface area contributed by atoms with Crippen LogP contribution in [0.3, 0.4) is 0 Å². The van der Waals surface area contributed by atoms with Gasteiger partial charge in [-0.1, -0.05) is 23.2 Å². The van der Waals surface area contributed by atoms with E-state index in [1.165, 1.54) is 0 Å². The van der Waals surface area contributed by atoms with E-state index in [2.05, 4.69) is 15.3 Å². The zero-order valence-corrected chi connectivity index (χ0v) is 12.9. The quantitative estimate of drug-likeness (QED) is 0.848. The van der Waals surface area contributed by atoms with Gasteiger partial charge in [0, 0.05) is 23.7 Å². The second kappa shape index (κ2) is 6.46. The molecule has 0 amide bonds. The van der Waals surface area contributed by atoms with Crippen molar-refractivity contribution in [3.63, 3.8) is 0 Å². The molecule has 1 N–H and O–H groups in total. The number of aryl methyl sites for hydroxylation is 1. The van der Waals surface area contributed by atoms with E-state index in [1.807, 2.05) is 32.2 Å². The van der Waals surface area contributed by atoms with Crippen LogP contribution in [0.15, 0.2) is 29.2 Å². The second-order valence-electron chi connectivity index (χ2n) is 3.93. The molecule has 1 aromatic carbocycles. The number of rotatable bonds is 4. The van der Waals surface area contributed by atoms with Gasteiger partial charge in [-0.3, -0.25) is 0 Å². The lowest BCUT2D eigenvalue weighted by atomic mass is 10.4. The Labute approximate surface area is 126 Å². The summed E-state index contributed by atoms with van der Waals surface area (Å²) >= 11 is 13.5. The number of anilines is 1. The van der Waals surface area contributed by atoms with Crippen LogP contribution in [0.5, 0.6) is 0 Å². The fourth-order valence-corrected chi connectivity index (χ4v) is 2.69. The number of nitrogens with zero attached hydrogens (tertiary/aromatic N) is 2. The minimum Gasteiger partial charge on any atom is -0.373 e. The number of benzene rings is 1. The van der Waals surface area contributed by atoms with Crippen LogP contribution in [0.1, 0.15) is 11.5 Å². The molecule has 1 aromatic heterocycles. The Morgan fingerprint density at radius 3 is 2.63 bits per heavy atom. The Balaban J connectivity index is 2.09. The first-order chi connectivity index (χ1) is 9.08. The maximum Gasteiger partial charge on any atom is 0.141 e. The summed E-state index contributed by atoms with van der Waals surface area (Å²) in [7, 11) is 1.84. The highest BCUT2D eigenvalue weighted by Crippen LogP contribution is 2.29. The zero-order chi connectivity index (χ0) is 13.8. The van der Waals surface area contributed by atoms with Crippen molar-refractivity contribution in [3.05, 3.63) is 45.8 Å². The zero-order valence-electron chi connectivity index (χ0n) is 10.6. The van der Waals surface area contributed by atoms with Crippen molar-refractivity contribution < 1.29 is 0 Å². The van der Waals surface area contributed by atoms with Gasteiger partial charge < -0.3 is 5.32 Å². The molecule has 0 aliphatic heterocycles. The van der Waals surface area contributed by atoms with Gasteiger partial charge in [0.25, 0.3) is 0 Å². The van der Waals surface area contributed by atoms with Crippen molar-refractivity contribution in [1.82, 2.24) is 9.97 Å². The molecule has 6 heteroatoms. The Kier molecular flexibility index (Phi) is 4.91. The van der Waals surface area contributed by atoms with E-state index in [4.69, 9.17) is 23.2 Å². The minimum atomic E-state index is 0.563. The van der Waals surface area contributed by atoms with Crippen molar-refractivity contribution in [2.24, 2.45) is 0 Å². The fourth-order valence-electron chi connectivity index (χ4n) is 1.54. The van der Waals surface area contributed by atoms with Gasteiger partial charge in [0.2, 0.25) is 0 Å². The Morgan fingerprint density at radius 2 is 1.95 bits per heavy atom. The van der Waals surface area contributed by atoms with Crippen LogP contribution < -0.4 is 5.32 Å². The molecule has 0 saturated carbocycles. The molecule has 2 rings (SSSR count). The lowest BCUT2D eigenvalue weighted by molar-refractivity contribution is 0.996. The molecule has 0 bridgehead atoms. The lowest BCUT2D eigenvalue weighted by Crippen LogP contribution is -2.00. The number of aromatic nitrogens is 2.